The van der Waals surface area contributed by atoms with Crippen LogP contribution in [0.2, 0.25) is 0 Å². The summed E-state index contributed by atoms with van der Waals surface area (Å²) >= 11 is 0. The number of urea groups is 1. The number of carbonyl (C=O) groups excluding carboxylic acids is 2. The van der Waals surface area contributed by atoms with E-state index in [2.05, 4.69) is 5.32 Å². The fourth-order valence-corrected chi connectivity index (χ4v) is 3.06. The van der Waals surface area contributed by atoms with Crippen molar-refractivity contribution in [3.05, 3.63) is 71.8 Å². The molecule has 3 N–H and O–H groups in total. The van der Waals surface area contributed by atoms with E-state index in [1.165, 1.54) is 41.7 Å². The second-order valence-electron chi connectivity index (χ2n) is 5.96. The van der Waals surface area contributed by atoms with Gasteiger partial charge in [-0.2, -0.15) is 13.2 Å². The molecule has 0 spiro atoms. The van der Waals surface area contributed by atoms with Crippen LogP contribution in [0.5, 0.6) is 0 Å². The predicted octanol–water partition coefficient (Wildman–Crippen LogP) is 2.79. The van der Waals surface area contributed by atoms with Gasteiger partial charge < -0.3 is 15.7 Å². The van der Waals surface area contributed by atoms with Crippen LogP contribution in [0.1, 0.15) is 22.0 Å². The fraction of sp³-hybridized carbons (Fsp3) is 0.222. The van der Waals surface area contributed by atoms with E-state index in [-0.39, 0.29) is 11.1 Å². The second kappa shape index (κ2) is 6.45. The third kappa shape index (κ3) is 3.03. The van der Waals surface area contributed by atoms with Crippen LogP contribution in [0.3, 0.4) is 0 Å². The third-order valence-electron chi connectivity index (χ3n) is 4.31. The summed E-state index contributed by atoms with van der Waals surface area (Å²) < 4.78 is 41.0. The monoisotopic (exact) mass is 364 g/mol. The highest BCUT2D eigenvalue weighted by Crippen LogP contribution is 2.43. The second-order valence-corrected chi connectivity index (χ2v) is 5.96. The van der Waals surface area contributed by atoms with E-state index in [4.69, 9.17) is 0 Å². The summed E-state index contributed by atoms with van der Waals surface area (Å²) in [5, 5.41) is 14.2. The van der Waals surface area contributed by atoms with Crippen LogP contribution >= 0.6 is 0 Å². The molecule has 0 aromatic heterocycles. The van der Waals surface area contributed by atoms with Crippen LogP contribution < -0.4 is 10.6 Å². The Morgan fingerprint density at radius 3 is 2.08 bits per heavy atom. The van der Waals surface area contributed by atoms with Gasteiger partial charge in [-0.05, 0) is 5.56 Å². The summed E-state index contributed by atoms with van der Waals surface area (Å²) in [5.41, 5.74) is -3.43. The number of Topliss-reactive ketones (excluding diaryl/α,β-unsaturated/α-hetero) is 1. The van der Waals surface area contributed by atoms with Gasteiger partial charge in [0.2, 0.25) is 5.72 Å². The van der Waals surface area contributed by atoms with Crippen molar-refractivity contribution in [2.24, 2.45) is 5.92 Å². The SMILES string of the molecule is O=C1N[C@@H](c2ccccc2)[C@@H](C(=O)c2ccccc2)[C@](O)(C(F)(F)F)N1. The summed E-state index contributed by atoms with van der Waals surface area (Å²) in [5.74, 6) is -2.95. The number of aliphatic hydroxyl groups is 1. The molecular weight excluding hydrogens is 349 g/mol. The molecule has 1 aliphatic rings. The van der Waals surface area contributed by atoms with Gasteiger partial charge in [0, 0.05) is 5.56 Å². The van der Waals surface area contributed by atoms with Crippen molar-refractivity contribution in [2.45, 2.75) is 17.9 Å². The predicted molar refractivity (Wildman–Crippen MR) is 86.1 cm³/mol. The minimum atomic E-state index is -5.26. The Balaban J connectivity index is 2.15. The molecule has 0 unspecified atom stereocenters. The van der Waals surface area contributed by atoms with Gasteiger partial charge in [0.15, 0.2) is 5.78 Å². The zero-order valence-corrected chi connectivity index (χ0v) is 13.3. The molecular formula is C18H15F3N2O3. The van der Waals surface area contributed by atoms with E-state index >= 15 is 0 Å². The first-order valence-electron chi connectivity index (χ1n) is 7.76. The number of ketones is 1. The van der Waals surface area contributed by atoms with Crippen LogP contribution in [0.25, 0.3) is 0 Å². The molecule has 1 aliphatic heterocycles. The lowest BCUT2D eigenvalue weighted by Crippen LogP contribution is -2.72. The number of hydrogen-bond acceptors (Lipinski definition) is 3. The van der Waals surface area contributed by atoms with Crippen molar-refractivity contribution in [3.8, 4) is 0 Å². The molecule has 2 aromatic rings. The summed E-state index contributed by atoms with van der Waals surface area (Å²) in [6, 6.07) is 12.5. The number of nitrogens with one attached hydrogen (secondary N) is 2. The van der Waals surface area contributed by atoms with Gasteiger partial charge in [-0.25, -0.2) is 4.79 Å². The molecule has 136 valence electrons. The standard InChI is InChI=1S/C18H15F3N2O3/c19-18(20,21)17(26)13(15(24)12-9-5-2-6-10-12)14(22-16(25)23-17)11-7-3-1-4-8-11/h1-10,13-14,26H,(H2,22,23,25)/t13-,14-,17-/m0/s1. The highest BCUT2D eigenvalue weighted by molar-refractivity contribution is 6.00. The number of halogens is 3. The Bertz CT molecular complexity index is 811. The number of benzene rings is 2. The number of hydrogen-bond donors (Lipinski definition) is 3. The van der Waals surface area contributed by atoms with Gasteiger partial charge >= 0.3 is 12.2 Å². The minimum absolute atomic E-state index is 0.000875. The zero-order valence-electron chi connectivity index (χ0n) is 13.3. The lowest BCUT2D eigenvalue weighted by atomic mass is 9.77. The van der Waals surface area contributed by atoms with Crippen LogP contribution in [-0.4, -0.2) is 28.8 Å². The Morgan fingerprint density at radius 1 is 1.00 bits per heavy atom. The molecule has 26 heavy (non-hydrogen) atoms. The maximum absolute atomic E-state index is 13.7. The fourth-order valence-electron chi connectivity index (χ4n) is 3.06. The highest BCUT2D eigenvalue weighted by Gasteiger charge is 2.66. The number of carbonyl (C=O) groups is 2. The van der Waals surface area contributed by atoms with E-state index in [9.17, 15) is 27.9 Å². The molecule has 1 saturated heterocycles. The highest BCUT2D eigenvalue weighted by atomic mass is 19.4. The molecule has 3 rings (SSSR count). The molecule has 0 saturated carbocycles. The number of alkyl halides is 3. The van der Waals surface area contributed by atoms with E-state index in [0.29, 0.717) is 0 Å². The van der Waals surface area contributed by atoms with E-state index < -0.39 is 35.7 Å². The maximum Gasteiger partial charge on any atom is 0.437 e. The van der Waals surface area contributed by atoms with Gasteiger partial charge in [0.05, 0.1) is 6.04 Å². The summed E-state index contributed by atoms with van der Waals surface area (Å²) in [7, 11) is 0. The van der Waals surface area contributed by atoms with Crippen molar-refractivity contribution in [1.29, 1.82) is 0 Å². The quantitative estimate of drug-likeness (QED) is 0.733. The Labute approximate surface area is 146 Å². The average Bonchev–Trinajstić information content (AvgIpc) is 2.61. The summed E-state index contributed by atoms with van der Waals surface area (Å²) in [4.78, 5) is 24.7. The molecule has 1 fully saturated rings. The molecule has 2 aromatic carbocycles. The largest absolute Gasteiger partial charge is 0.437 e. The first-order chi connectivity index (χ1) is 12.2. The Kier molecular flexibility index (Phi) is 4.45. The van der Waals surface area contributed by atoms with Crippen molar-refractivity contribution in [3.63, 3.8) is 0 Å². The van der Waals surface area contributed by atoms with Crippen molar-refractivity contribution in [2.75, 3.05) is 0 Å². The molecule has 1 heterocycles. The molecule has 5 nitrogen and oxygen atoms in total. The Hall–Kier alpha value is -2.87. The normalized spacial score (nSPS) is 25.9. The maximum atomic E-state index is 13.7. The van der Waals surface area contributed by atoms with Crippen molar-refractivity contribution >= 4 is 11.8 Å². The molecule has 0 bridgehead atoms. The summed E-state index contributed by atoms with van der Waals surface area (Å²) in [6.45, 7) is 0. The first-order valence-corrected chi connectivity index (χ1v) is 7.76. The smallest absolute Gasteiger partial charge is 0.363 e. The minimum Gasteiger partial charge on any atom is -0.363 e. The van der Waals surface area contributed by atoms with Gasteiger partial charge in [-0.15, -0.1) is 0 Å². The number of rotatable bonds is 3. The van der Waals surface area contributed by atoms with Gasteiger partial charge in [-0.1, -0.05) is 60.7 Å². The lowest BCUT2D eigenvalue weighted by Gasteiger charge is -2.45. The topological polar surface area (TPSA) is 78.4 Å². The molecule has 3 atom stereocenters. The van der Waals surface area contributed by atoms with Crippen LogP contribution in [0, 0.1) is 5.92 Å². The van der Waals surface area contributed by atoms with Crippen LogP contribution in [0.4, 0.5) is 18.0 Å². The lowest BCUT2D eigenvalue weighted by molar-refractivity contribution is -0.287. The first kappa shape index (κ1) is 17.9. The van der Waals surface area contributed by atoms with E-state index in [1.54, 1.807) is 24.3 Å². The van der Waals surface area contributed by atoms with Gasteiger partial charge in [0.1, 0.15) is 5.92 Å². The molecule has 0 aliphatic carbocycles. The third-order valence-corrected chi connectivity index (χ3v) is 4.31. The Morgan fingerprint density at radius 2 is 1.54 bits per heavy atom. The molecule has 0 radical (unpaired) electrons. The van der Waals surface area contributed by atoms with Crippen LogP contribution in [-0.2, 0) is 0 Å². The number of amides is 2. The van der Waals surface area contributed by atoms with Gasteiger partial charge in [0.25, 0.3) is 0 Å². The average molecular weight is 364 g/mol. The van der Waals surface area contributed by atoms with E-state index in [1.807, 2.05) is 0 Å². The molecule has 2 amide bonds. The van der Waals surface area contributed by atoms with Crippen molar-refractivity contribution in [1.82, 2.24) is 10.6 Å². The van der Waals surface area contributed by atoms with E-state index in [0.717, 1.165) is 0 Å². The van der Waals surface area contributed by atoms with Crippen molar-refractivity contribution < 1.29 is 27.9 Å². The van der Waals surface area contributed by atoms with Gasteiger partial charge in [-0.3, -0.25) is 4.79 Å². The zero-order chi connectivity index (χ0) is 18.9. The van der Waals surface area contributed by atoms with Crippen LogP contribution in [0.15, 0.2) is 60.7 Å². The molecule has 8 heteroatoms. The summed E-state index contributed by atoms with van der Waals surface area (Å²) in [6.07, 6.45) is -5.26.